The number of halogens is 1. The lowest BCUT2D eigenvalue weighted by Gasteiger charge is -2.31. The molecule has 1 fully saturated rings. The normalized spacial score (nSPS) is 22.9. The Morgan fingerprint density at radius 3 is 2.76 bits per heavy atom. The zero-order valence-electron chi connectivity index (χ0n) is 9.19. The van der Waals surface area contributed by atoms with Crippen molar-refractivity contribution in [3.8, 4) is 0 Å². The van der Waals surface area contributed by atoms with Crippen LogP contribution in [0, 0.1) is 5.92 Å². The van der Waals surface area contributed by atoms with Crippen LogP contribution in [0.15, 0.2) is 22.7 Å². The van der Waals surface area contributed by atoms with Gasteiger partial charge in [-0.15, -0.1) is 0 Å². The zero-order valence-corrected chi connectivity index (χ0v) is 10.8. The number of aromatic carboxylic acids is 1. The molecule has 0 aromatic heterocycles. The largest absolute Gasteiger partial charge is 0.478 e. The first-order valence-electron chi connectivity index (χ1n) is 5.51. The van der Waals surface area contributed by atoms with Gasteiger partial charge in [-0.1, -0.05) is 6.07 Å². The Kier molecular flexibility index (Phi) is 3.69. The molecule has 0 saturated heterocycles. The van der Waals surface area contributed by atoms with Crippen molar-refractivity contribution in [2.24, 2.45) is 5.92 Å². The summed E-state index contributed by atoms with van der Waals surface area (Å²) >= 11 is 3.23. The third-order valence-electron chi connectivity index (χ3n) is 3.02. The molecule has 17 heavy (non-hydrogen) atoms. The molecule has 0 radical (unpaired) electrons. The van der Waals surface area contributed by atoms with E-state index in [1.807, 2.05) is 0 Å². The van der Waals surface area contributed by atoms with E-state index < -0.39 is 5.97 Å². The van der Waals surface area contributed by atoms with Gasteiger partial charge >= 0.3 is 5.97 Å². The van der Waals surface area contributed by atoms with E-state index in [9.17, 15) is 9.90 Å². The lowest BCUT2D eigenvalue weighted by molar-refractivity contribution is 0.0486. The smallest absolute Gasteiger partial charge is 0.338 e. The van der Waals surface area contributed by atoms with Crippen LogP contribution < -0.4 is 5.32 Å². The Morgan fingerprint density at radius 1 is 1.47 bits per heavy atom. The number of nitrogens with one attached hydrogen (secondary N) is 1. The van der Waals surface area contributed by atoms with Gasteiger partial charge in [-0.3, -0.25) is 0 Å². The average Bonchev–Trinajstić information content (AvgIpc) is 2.22. The molecular weight excluding hydrogens is 286 g/mol. The molecule has 0 aliphatic heterocycles. The highest BCUT2D eigenvalue weighted by Gasteiger charge is 2.27. The topological polar surface area (TPSA) is 69.6 Å². The highest BCUT2D eigenvalue weighted by molar-refractivity contribution is 9.10. The molecule has 0 bridgehead atoms. The molecule has 1 aromatic rings. The second kappa shape index (κ2) is 5.06. The van der Waals surface area contributed by atoms with Gasteiger partial charge in [-0.2, -0.15) is 0 Å². The highest BCUT2D eigenvalue weighted by atomic mass is 79.9. The van der Waals surface area contributed by atoms with Crippen LogP contribution in [0.1, 0.15) is 23.2 Å². The summed E-state index contributed by atoms with van der Waals surface area (Å²) in [6.45, 7) is 0.702. The summed E-state index contributed by atoms with van der Waals surface area (Å²) in [6.07, 6.45) is 1.41. The van der Waals surface area contributed by atoms with Crippen molar-refractivity contribution >= 4 is 27.6 Å². The number of carboxylic acid groups (broad SMARTS) is 1. The van der Waals surface area contributed by atoms with Crippen LogP contribution >= 0.6 is 15.9 Å². The van der Waals surface area contributed by atoms with Crippen molar-refractivity contribution in [2.45, 2.75) is 18.9 Å². The molecule has 0 atom stereocenters. The second-order valence-electron chi connectivity index (χ2n) is 4.34. The maximum atomic E-state index is 11.1. The fourth-order valence-corrected chi connectivity index (χ4v) is 2.55. The van der Waals surface area contributed by atoms with E-state index in [1.54, 1.807) is 18.2 Å². The summed E-state index contributed by atoms with van der Waals surface area (Å²) in [7, 11) is 0. The lowest BCUT2D eigenvalue weighted by atomic mass is 9.82. The number of aliphatic hydroxyl groups excluding tert-OH is 1. The molecule has 0 spiro atoms. The maximum absolute atomic E-state index is 11.1. The van der Waals surface area contributed by atoms with Crippen LogP contribution in [0.5, 0.6) is 0 Å². The molecule has 4 nitrogen and oxygen atoms in total. The molecule has 5 heteroatoms. The van der Waals surface area contributed by atoms with Crippen LogP contribution in [0.2, 0.25) is 0 Å². The Hall–Kier alpha value is -1.07. The molecule has 3 N–H and O–H groups in total. The molecule has 1 aromatic carbocycles. The van der Waals surface area contributed by atoms with E-state index in [0.717, 1.165) is 12.8 Å². The van der Waals surface area contributed by atoms with Gasteiger partial charge in [-0.05, 0) is 46.8 Å². The number of carboxylic acids is 1. The first-order valence-corrected chi connectivity index (χ1v) is 6.31. The molecular formula is C12H14BrNO3. The Bertz CT molecular complexity index is 430. The third-order valence-corrected chi connectivity index (χ3v) is 3.68. The van der Waals surface area contributed by atoms with Gasteiger partial charge in [0.05, 0.1) is 11.7 Å². The van der Waals surface area contributed by atoms with Crippen molar-refractivity contribution in [1.29, 1.82) is 0 Å². The van der Waals surface area contributed by atoms with E-state index in [-0.39, 0.29) is 11.7 Å². The fraction of sp³-hybridized carbons (Fsp3) is 0.417. The van der Waals surface area contributed by atoms with Crippen LogP contribution in [0.25, 0.3) is 0 Å². The molecule has 1 saturated carbocycles. The van der Waals surface area contributed by atoms with Crippen molar-refractivity contribution in [2.75, 3.05) is 11.9 Å². The number of rotatable bonds is 4. The molecule has 2 rings (SSSR count). The number of carbonyl (C=O) groups is 1. The number of hydrogen-bond donors (Lipinski definition) is 3. The van der Waals surface area contributed by atoms with Gasteiger partial charge in [0.1, 0.15) is 0 Å². The van der Waals surface area contributed by atoms with Gasteiger partial charge in [0.25, 0.3) is 0 Å². The number of anilines is 1. The fourth-order valence-electron chi connectivity index (χ4n) is 2.01. The highest BCUT2D eigenvalue weighted by Crippen LogP contribution is 2.29. The van der Waals surface area contributed by atoms with E-state index in [1.165, 1.54) is 0 Å². The summed E-state index contributed by atoms with van der Waals surface area (Å²) in [4.78, 5) is 11.1. The zero-order chi connectivity index (χ0) is 12.4. The first kappa shape index (κ1) is 12.4. The quantitative estimate of drug-likeness (QED) is 0.798. The summed E-state index contributed by atoms with van der Waals surface area (Å²) < 4.78 is 0.573. The van der Waals surface area contributed by atoms with E-state index >= 15 is 0 Å². The lowest BCUT2D eigenvalue weighted by Crippen LogP contribution is -2.33. The number of benzene rings is 1. The Balaban J connectivity index is 2.05. The molecule has 1 aliphatic rings. The molecule has 0 amide bonds. The van der Waals surface area contributed by atoms with Gasteiger partial charge in [0, 0.05) is 16.7 Å². The van der Waals surface area contributed by atoms with E-state index in [0.29, 0.717) is 22.6 Å². The molecule has 92 valence electrons. The van der Waals surface area contributed by atoms with Crippen LogP contribution in [0.3, 0.4) is 0 Å². The van der Waals surface area contributed by atoms with Crippen LogP contribution in [-0.2, 0) is 0 Å². The maximum Gasteiger partial charge on any atom is 0.338 e. The second-order valence-corrected chi connectivity index (χ2v) is 5.19. The summed E-state index contributed by atoms with van der Waals surface area (Å²) in [5.74, 6) is -0.515. The van der Waals surface area contributed by atoms with Crippen molar-refractivity contribution in [3.05, 3.63) is 28.2 Å². The SMILES string of the molecule is O=C(O)c1c(Br)cccc1NCC1CC(O)C1. The monoisotopic (exact) mass is 299 g/mol. The Labute approximate surface area is 108 Å². The summed E-state index contributed by atoms with van der Waals surface area (Å²) in [5, 5.41) is 21.4. The minimum atomic E-state index is -0.950. The molecule has 1 aliphatic carbocycles. The van der Waals surface area contributed by atoms with Crippen molar-refractivity contribution in [3.63, 3.8) is 0 Å². The molecule has 0 unspecified atom stereocenters. The van der Waals surface area contributed by atoms with Crippen LogP contribution in [0.4, 0.5) is 5.69 Å². The minimum absolute atomic E-state index is 0.178. The predicted molar refractivity (Wildman–Crippen MR) is 68.3 cm³/mol. The number of aliphatic hydroxyl groups is 1. The minimum Gasteiger partial charge on any atom is -0.478 e. The van der Waals surface area contributed by atoms with Gasteiger partial charge in [-0.25, -0.2) is 4.79 Å². The average molecular weight is 300 g/mol. The van der Waals surface area contributed by atoms with Crippen molar-refractivity contribution < 1.29 is 15.0 Å². The summed E-state index contributed by atoms with van der Waals surface area (Å²) in [5.41, 5.74) is 0.876. The van der Waals surface area contributed by atoms with Crippen LogP contribution in [-0.4, -0.2) is 28.8 Å². The van der Waals surface area contributed by atoms with E-state index in [2.05, 4.69) is 21.2 Å². The standard InChI is InChI=1S/C12H14BrNO3/c13-9-2-1-3-10(11(9)12(16)17)14-6-7-4-8(15)5-7/h1-3,7-8,14-15H,4-6H2,(H,16,17). The Morgan fingerprint density at radius 2 is 2.18 bits per heavy atom. The van der Waals surface area contributed by atoms with Gasteiger partial charge in [0.2, 0.25) is 0 Å². The van der Waals surface area contributed by atoms with Crippen molar-refractivity contribution in [1.82, 2.24) is 0 Å². The van der Waals surface area contributed by atoms with Gasteiger partial charge in [0.15, 0.2) is 0 Å². The van der Waals surface area contributed by atoms with E-state index in [4.69, 9.17) is 5.11 Å². The first-order chi connectivity index (χ1) is 8.08. The van der Waals surface area contributed by atoms with Gasteiger partial charge < -0.3 is 15.5 Å². The molecule has 0 heterocycles. The number of hydrogen-bond acceptors (Lipinski definition) is 3. The predicted octanol–water partition coefficient (Wildman–Crippen LogP) is 2.33. The summed E-state index contributed by atoms with van der Waals surface area (Å²) in [6, 6.07) is 5.26. The third kappa shape index (κ3) is 2.79.